The van der Waals surface area contributed by atoms with Crippen molar-refractivity contribution in [2.24, 2.45) is 0 Å². The largest absolute Gasteiger partial charge is 0.424 e. The lowest BCUT2D eigenvalue weighted by atomic mass is 10.2. The summed E-state index contributed by atoms with van der Waals surface area (Å²) in [6, 6.07) is 26.6. The van der Waals surface area contributed by atoms with E-state index in [2.05, 4.69) is 0 Å². The van der Waals surface area contributed by atoms with E-state index in [4.69, 9.17) is 18.9 Å². The molecule has 0 saturated heterocycles. The van der Waals surface area contributed by atoms with Gasteiger partial charge >= 0.3 is 17.9 Å². The quantitative estimate of drug-likeness (QED) is 0.199. The van der Waals surface area contributed by atoms with Gasteiger partial charge in [0.2, 0.25) is 5.75 Å². The highest BCUT2D eigenvalue weighted by Gasteiger charge is 2.24. The number of hydrogen-bond donors (Lipinski definition) is 0. The zero-order valence-electron chi connectivity index (χ0n) is 18.7. The van der Waals surface area contributed by atoms with Crippen LogP contribution in [0.25, 0.3) is 0 Å². The number of carbonyl (C=O) groups excluding carboxylic acids is 4. The van der Waals surface area contributed by atoms with Gasteiger partial charge in [0.05, 0.1) is 16.7 Å². The Bertz CT molecular complexity index is 1380. The third kappa shape index (κ3) is 5.81. The summed E-state index contributed by atoms with van der Waals surface area (Å²) < 4.78 is 21.3. The molecular formula is C28H18O8. The monoisotopic (exact) mass is 482 g/mol. The minimum absolute atomic E-state index is 0.0980. The highest BCUT2D eigenvalue weighted by atomic mass is 16.6. The molecule has 36 heavy (non-hydrogen) atoms. The SMILES string of the molecule is O=COc1cc(OC(=O)c2ccccc2)cc(OC(=O)c2ccccc2)c1OC(=O)c1ccccc1. The number of rotatable bonds is 8. The molecule has 0 aliphatic heterocycles. The van der Waals surface area contributed by atoms with Crippen LogP contribution >= 0.6 is 0 Å². The minimum Gasteiger partial charge on any atom is -0.424 e. The van der Waals surface area contributed by atoms with Crippen LogP contribution in [0.4, 0.5) is 0 Å². The van der Waals surface area contributed by atoms with Crippen molar-refractivity contribution >= 4 is 24.4 Å². The highest BCUT2D eigenvalue weighted by molar-refractivity contribution is 5.94. The lowest BCUT2D eigenvalue weighted by molar-refractivity contribution is -0.120. The van der Waals surface area contributed by atoms with Crippen molar-refractivity contribution < 1.29 is 38.1 Å². The van der Waals surface area contributed by atoms with Crippen LogP contribution in [0, 0.1) is 0 Å². The van der Waals surface area contributed by atoms with E-state index in [-0.39, 0.29) is 46.2 Å². The van der Waals surface area contributed by atoms with Crippen molar-refractivity contribution in [2.75, 3.05) is 0 Å². The topological polar surface area (TPSA) is 105 Å². The molecule has 4 aromatic carbocycles. The third-order valence-electron chi connectivity index (χ3n) is 4.81. The second-order valence-corrected chi connectivity index (χ2v) is 7.23. The third-order valence-corrected chi connectivity index (χ3v) is 4.81. The van der Waals surface area contributed by atoms with Crippen LogP contribution in [0.1, 0.15) is 31.1 Å². The Morgan fingerprint density at radius 1 is 0.528 bits per heavy atom. The van der Waals surface area contributed by atoms with Gasteiger partial charge in [0.1, 0.15) is 5.75 Å². The maximum absolute atomic E-state index is 12.8. The molecule has 0 amide bonds. The van der Waals surface area contributed by atoms with Crippen molar-refractivity contribution in [1.82, 2.24) is 0 Å². The predicted molar refractivity (Wildman–Crippen MR) is 127 cm³/mol. The molecule has 8 nitrogen and oxygen atoms in total. The standard InChI is InChI=1S/C28H18O8/c29-18-33-23-16-22(34-26(30)19-10-4-1-5-11-19)17-24(35-27(31)20-12-6-2-7-13-20)25(23)36-28(32)21-14-8-3-9-15-21/h1-18H. The van der Waals surface area contributed by atoms with Crippen molar-refractivity contribution in [3.8, 4) is 23.0 Å². The molecule has 4 rings (SSSR count). The molecule has 0 heterocycles. The number of hydrogen-bond acceptors (Lipinski definition) is 8. The summed E-state index contributed by atoms with van der Waals surface area (Å²) in [5, 5.41) is 0. The summed E-state index contributed by atoms with van der Waals surface area (Å²) in [7, 11) is 0. The predicted octanol–water partition coefficient (Wildman–Crippen LogP) is 4.88. The zero-order valence-corrected chi connectivity index (χ0v) is 18.7. The van der Waals surface area contributed by atoms with Gasteiger partial charge in [0.25, 0.3) is 6.47 Å². The summed E-state index contributed by atoms with van der Waals surface area (Å²) in [5.74, 6) is -3.35. The average molecular weight is 482 g/mol. The van der Waals surface area contributed by atoms with Gasteiger partial charge in [0.15, 0.2) is 11.5 Å². The molecule has 0 spiro atoms. The molecule has 0 fully saturated rings. The summed E-state index contributed by atoms with van der Waals surface area (Å²) in [6.45, 7) is 0.0980. The average Bonchev–Trinajstić information content (AvgIpc) is 2.92. The van der Waals surface area contributed by atoms with Gasteiger partial charge in [-0.25, -0.2) is 14.4 Å². The first kappa shape index (κ1) is 23.9. The lowest BCUT2D eigenvalue weighted by Gasteiger charge is -2.15. The highest BCUT2D eigenvalue weighted by Crippen LogP contribution is 2.42. The smallest absolute Gasteiger partial charge is 0.343 e. The number of esters is 3. The molecule has 0 N–H and O–H groups in total. The normalized spacial score (nSPS) is 10.1. The van der Waals surface area contributed by atoms with E-state index < -0.39 is 17.9 Å². The van der Waals surface area contributed by atoms with Crippen LogP contribution < -0.4 is 18.9 Å². The van der Waals surface area contributed by atoms with Gasteiger partial charge in [-0.1, -0.05) is 54.6 Å². The minimum atomic E-state index is -0.794. The fourth-order valence-corrected chi connectivity index (χ4v) is 3.13. The fraction of sp³-hybridized carbons (Fsp3) is 0. The van der Waals surface area contributed by atoms with Crippen LogP contribution in [-0.4, -0.2) is 24.4 Å². The number of benzene rings is 4. The maximum Gasteiger partial charge on any atom is 0.343 e. The summed E-state index contributed by atoms with van der Waals surface area (Å²) in [4.78, 5) is 49.3. The van der Waals surface area contributed by atoms with E-state index in [1.165, 1.54) is 36.4 Å². The van der Waals surface area contributed by atoms with Gasteiger partial charge in [-0.3, -0.25) is 4.79 Å². The summed E-state index contributed by atoms with van der Waals surface area (Å²) in [5.41, 5.74) is 0.676. The molecule has 0 aliphatic carbocycles. The van der Waals surface area contributed by atoms with E-state index in [0.717, 1.165) is 0 Å². The molecule has 0 atom stereocenters. The van der Waals surface area contributed by atoms with Crippen LogP contribution in [0.2, 0.25) is 0 Å². The van der Waals surface area contributed by atoms with Gasteiger partial charge < -0.3 is 18.9 Å². The number of ether oxygens (including phenoxy) is 4. The molecule has 0 radical (unpaired) electrons. The Hall–Kier alpha value is -5.24. The molecule has 178 valence electrons. The summed E-state index contributed by atoms with van der Waals surface area (Å²) >= 11 is 0. The first-order valence-electron chi connectivity index (χ1n) is 10.6. The lowest BCUT2D eigenvalue weighted by Crippen LogP contribution is -2.14. The van der Waals surface area contributed by atoms with Gasteiger partial charge in [-0.05, 0) is 36.4 Å². The molecule has 4 aromatic rings. The van der Waals surface area contributed by atoms with Crippen LogP contribution in [0.3, 0.4) is 0 Å². The van der Waals surface area contributed by atoms with E-state index in [0.29, 0.717) is 0 Å². The molecule has 0 saturated carbocycles. The first-order valence-corrected chi connectivity index (χ1v) is 10.6. The van der Waals surface area contributed by atoms with Crippen molar-refractivity contribution in [3.05, 3.63) is 120 Å². The molecule has 8 heteroatoms. The van der Waals surface area contributed by atoms with E-state index in [1.54, 1.807) is 66.7 Å². The molecular weight excluding hydrogens is 464 g/mol. The molecule has 0 unspecified atom stereocenters. The fourth-order valence-electron chi connectivity index (χ4n) is 3.13. The van der Waals surface area contributed by atoms with E-state index in [1.807, 2.05) is 0 Å². The van der Waals surface area contributed by atoms with Crippen LogP contribution in [0.15, 0.2) is 103 Å². The van der Waals surface area contributed by atoms with Crippen molar-refractivity contribution in [2.45, 2.75) is 0 Å². The second-order valence-electron chi connectivity index (χ2n) is 7.23. The Kier molecular flexibility index (Phi) is 7.47. The molecule has 0 aliphatic rings. The Labute approximate surface area is 205 Å². The second kappa shape index (κ2) is 11.3. The Balaban J connectivity index is 1.73. The van der Waals surface area contributed by atoms with Crippen LogP contribution in [-0.2, 0) is 4.79 Å². The molecule has 0 aromatic heterocycles. The van der Waals surface area contributed by atoms with Gasteiger partial charge in [-0.2, -0.15) is 0 Å². The first-order chi connectivity index (χ1) is 17.5. The van der Waals surface area contributed by atoms with Crippen LogP contribution in [0.5, 0.6) is 23.0 Å². The molecule has 0 bridgehead atoms. The van der Waals surface area contributed by atoms with E-state index in [9.17, 15) is 19.2 Å². The van der Waals surface area contributed by atoms with Gasteiger partial charge in [0, 0.05) is 12.1 Å². The summed E-state index contributed by atoms with van der Waals surface area (Å²) in [6.07, 6.45) is 0. The van der Waals surface area contributed by atoms with Crippen molar-refractivity contribution in [1.29, 1.82) is 0 Å². The van der Waals surface area contributed by atoms with Crippen molar-refractivity contribution in [3.63, 3.8) is 0 Å². The number of carbonyl (C=O) groups is 4. The Morgan fingerprint density at radius 3 is 1.42 bits per heavy atom. The zero-order chi connectivity index (χ0) is 25.3. The Morgan fingerprint density at radius 2 is 0.944 bits per heavy atom. The van der Waals surface area contributed by atoms with E-state index >= 15 is 0 Å². The van der Waals surface area contributed by atoms with Gasteiger partial charge in [-0.15, -0.1) is 0 Å². The maximum atomic E-state index is 12.8.